The van der Waals surface area contributed by atoms with Crippen LogP contribution in [0.4, 0.5) is 0 Å². The quantitative estimate of drug-likeness (QED) is 0.685. The molecule has 0 spiro atoms. The van der Waals surface area contributed by atoms with Crippen molar-refractivity contribution in [2.24, 2.45) is 5.92 Å². The van der Waals surface area contributed by atoms with Crippen LogP contribution in [0.2, 0.25) is 0 Å². The van der Waals surface area contributed by atoms with Crippen molar-refractivity contribution < 1.29 is 9.52 Å². The van der Waals surface area contributed by atoms with Crippen LogP contribution in [-0.4, -0.2) is 29.5 Å². The lowest BCUT2D eigenvalue weighted by Gasteiger charge is -2.35. The highest BCUT2D eigenvalue weighted by atomic mass is 32.2. The average molecular weight is 297 g/mol. The number of aliphatic hydroxyl groups is 1. The fourth-order valence-corrected chi connectivity index (χ4v) is 4.19. The van der Waals surface area contributed by atoms with E-state index in [-0.39, 0.29) is 12.1 Å². The first-order valence-corrected chi connectivity index (χ1v) is 8.92. The molecule has 0 amide bonds. The lowest BCUT2D eigenvalue weighted by molar-refractivity contribution is 0.122. The first kappa shape index (κ1) is 15.9. The van der Waals surface area contributed by atoms with Crippen LogP contribution in [0.25, 0.3) is 0 Å². The minimum Gasteiger partial charge on any atom is -0.468 e. The van der Waals surface area contributed by atoms with Gasteiger partial charge in [-0.15, -0.1) is 0 Å². The zero-order valence-electron chi connectivity index (χ0n) is 12.4. The summed E-state index contributed by atoms with van der Waals surface area (Å²) in [7, 11) is 0. The van der Waals surface area contributed by atoms with Crippen molar-refractivity contribution in [3.63, 3.8) is 0 Å². The zero-order valence-corrected chi connectivity index (χ0v) is 13.3. The predicted octanol–water partition coefficient (Wildman–Crippen LogP) is 3.43. The second kappa shape index (κ2) is 8.11. The molecule has 114 valence electrons. The van der Waals surface area contributed by atoms with Crippen LogP contribution in [0.5, 0.6) is 0 Å². The van der Waals surface area contributed by atoms with E-state index in [4.69, 9.17) is 4.42 Å². The van der Waals surface area contributed by atoms with Gasteiger partial charge in [0.25, 0.3) is 0 Å². The third-order valence-electron chi connectivity index (χ3n) is 4.40. The summed E-state index contributed by atoms with van der Waals surface area (Å²) < 4.78 is 5.35. The number of thioether (sulfide) groups is 1. The van der Waals surface area contributed by atoms with Crippen LogP contribution < -0.4 is 5.32 Å². The van der Waals surface area contributed by atoms with Crippen LogP contribution in [0.3, 0.4) is 0 Å². The van der Waals surface area contributed by atoms with Gasteiger partial charge < -0.3 is 14.8 Å². The summed E-state index contributed by atoms with van der Waals surface area (Å²) in [6.07, 6.45) is 7.66. The van der Waals surface area contributed by atoms with E-state index >= 15 is 0 Å². The molecule has 2 N–H and O–H groups in total. The molecular formula is C16H27NO2S. The van der Waals surface area contributed by atoms with Crippen molar-refractivity contribution >= 4 is 11.8 Å². The second-order valence-corrected chi connectivity index (χ2v) is 6.86. The number of furan rings is 1. The molecule has 0 bridgehead atoms. The minimum absolute atomic E-state index is 0.0126. The maximum absolute atomic E-state index is 9.84. The van der Waals surface area contributed by atoms with Gasteiger partial charge in [-0.05, 0) is 56.0 Å². The van der Waals surface area contributed by atoms with Crippen LogP contribution >= 0.6 is 11.8 Å². The van der Waals surface area contributed by atoms with E-state index in [2.05, 4.69) is 12.2 Å². The van der Waals surface area contributed by atoms with Crippen LogP contribution in [0.1, 0.15) is 44.8 Å². The van der Waals surface area contributed by atoms with E-state index in [9.17, 15) is 5.11 Å². The number of rotatable bonds is 9. The van der Waals surface area contributed by atoms with Crippen molar-refractivity contribution in [2.45, 2.75) is 50.3 Å². The molecule has 0 saturated heterocycles. The Kier molecular flexibility index (Phi) is 6.46. The number of aliphatic hydroxyl groups excluding tert-OH is 1. The Labute approximate surface area is 126 Å². The summed E-state index contributed by atoms with van der Waals surface area (Å²) in [4.78, 5) is 0. The van der Waals surface area contributed by atoms with Gasteiger partial charge in [0.05, 0.1) is 18.6 Å². The van der Waals surface area contributed by atoms with Gasteiger partial charge in [-0.2, -0.15) is 11.8 Å². The van der Waals surface area contributed by atoms with Gasteiger partial charge in [-0.25, -0.2) is 0 Å². The van der Waals surface area contributed by atoms with Crippen LogP contribution in [0, 0.1) is 5.92 Å². The molecule has 2 atom stereocenters. The minimum atomic E-state index is -0.0126. The highest BCUT2D eigenvalue weighted by molar-refractivity contribution is 7.98. The lowest BCUT2D eigenvalue weighted by Crippen LogP contribution is -2.51. The average Bonchev–Trinajstić information content (AvgIpc) is 3.11. The summed E-state index contributed by atoms with van der Waals surface area (Å²) in [6.45, 7) is 3.47. The molecule has 2 unspecified atom stereocenters. The van der Waals surface area contributed by atoms with Gasteiger partial charge in [0, 0.05) is 5.54 Å². The van der Waals surface area contributed by atoms with Crippen LogP contribution in [-0.2, 0) is 5.75 Å². The Morgan fingerprint density at radius 3 is 3.15 bits per heavy atom. The molecule has 4 heteroatoms. The molecule has 1 aromatic rings. The summed E-state index contributed by atoms with van der Waals surface area (Å²) in [5, 5.41) is 13.5. The molecule has 3 nitrogen and oxygen atoms in total. The largest absolute Gasteiger partial charge is 0.468 e. The standard InChI is InChI=1S/C16H27NO2S/c1-2-9-17-16(13-18)8-3-5-14(16)7-11-20-12-15-6-4-10-19-15/h4,6,10,14,17-18H,2-3,5,7-9,11-13H2,1H3. The molecule has 1 aromatic heterocycles. The van der Waals surface area contributed by atoms with Gasteiger partial charge in [0.15, 0.2) is 0 Å². The molecule has 2 rings (SSSR count). The van der Waals surface area contributed by atoms with Gasteiger partial charge >= 0.3 is 0 Å². The first-order chi connectivity index (χ1) is 9.80. The Hall–Kier alpha value is -0.450. The fraction of sp³-hybridized carbons (Fsp3) is 0.750. The Morgan fingerprint density at radius 1 is 1.55 bits per heavy atom. The summed E-state index contributed by atoms with van der Waals surface area (Å²) in [5.74, 6) is 3.76. The molecule has 1 heterocycles. The molecule has 1 aliphatic carbocycles. The molecule has 0 aromatic carbocycles. The zero-order chi connectivity index (χ0) is 14.3. The van der Waals surface area contributed by atoms with Crippen molar-refractivity contribution in [1.82, 2.24) is 5.32 Å². The predicted molar refractivity (Wildman–Crippen MR) is 84.9 cm³/mol. The second-order valence-electron chi connectivity index (χ2n) is 5.75. The monoisotopic (exact) mass is 297 g/mol. The highest BCUT2D eigenvalue weighted by Gasteiger charge is 2.41. The lowest BCUT2D eigenvalue weighted by atomic mass is 9.85. The summed E-state index contributed by atoms with van der Waals surface area (Å²) in [5.41, 5.74) is -0.0126. The van der Waals surface area contributed by atoms with Gasteiger partial charge in [0.1, 0.15) is 5.76 Å². The normalized spacial score (nSPS) is 26.2. The fourth-order valence-electron chi connectivity index (χ4n) is 3.23. The summed E-state index contributed by atoms with van der Waals surface area (Å²) >= 11 is 1.93. The maximum Gasteiger partial charge on any atom is 0.113 e. The Balaban J connectivity index is 1.75. The van der Waals surface area contributed by atoms with E-state index < -0.39 is 0 Å². The highest BCUT2D eigenvalue weighted by Crippen LogP contribution is 2.38. The van der Waals surface area contributed by atoms with E-state index in [0.717, 1.165) is 36.7 Å². The van der Waals surface area contributed by atoms with Crippen molar-refractivity contribution in [3.8, 4) is 0 Å². The van der Waals surface area contributed by atoms with Gasteiger partial charge in [-0.3, -0.25) is 0 Å². The topological polar surface area (TPSA) is 45.4 Å². The van der Waals surface area contributed by atoms with Gasteiger partial charge in [0.2, 0.25) is 0 Å². The summed E-state index contributed by atoms with van der Waals surface area (Å²) in [6, 6.07) is 3.97. The number of hydrogen-bond acceptors (Lipinski definition) is 4. The smallest absolute Gasteiger partial charge is 0.113 e. The van der Waals surface area contributed by atoms with E-state index in [1.54, 1.807) is 6.26 Å². The van der Waals surface area contributed by atoms with Crippen molar-refractivity contribution in [3.05, 3.63) is 24.2 Å². The molecule has 0 aliphatic heterocycles. The maximum atomic E-state index is 9.84. The molecule has 20 heavy (non-hydrogen) atoms. The number of nitrogens with one attached hydrogen (secondary N) is 1. The van der Waals surface area contributed by atoms with E-state index in [1.165, 1.54) is 19.3 Å². The molecular weight excluding hydrogens is 270 g/mol. The SMILES string of the molecule is CCCNC1(CO)CCCC1CCSCc1ccco1. The molecule has 1 fully saturated rings. The van der Waals surface area contributed by atoms with Gasteiger partial charge in [-0.1, -0.05) is 13.3 Å². The Bertz CT molecular complexity index is 369. The van der Waals surface area contributed by atoms with E-state index in [1.807, 2.05) is 23.9 Å². The molecule has 1 aliphatic rings. The van der Waals surface area contributed by atoms with Crippen molar-refractivity contribution in [1.29, 1.82) is 0 Å². The van der Waals surface area contributed by atoms with Crippen LogP contribution in [0.15, 0.2) is 22.8 Å². The van der Waals surface area contributed by atoms with Crippen molar-refractivity contribution in [2.75, 3.05) is 18.9 Å². The third-order valence-corrected chi connectivity index (χ3v) is 5.41. The number of hydrogen-bond donors (Lipinski definition) is 2. The van der Waals surface area contributed by atoms with E-state index in [0.29, 0.717) is 5.92 Å². The first-order valence-electron chi connectivity index (χ1n) is 7.77. The molecule has 0 radical (unpaired) electrons. The Morgan fingerprint density at radius 2 is 2.45 bits per heavy atom. The third kappa shape index (κ3) is 4.03. The molecule has 1 saturated carbocycles.